The Morgan fingerprint density at radius 2 is 2.42 bits per heavy atom. The first-order chi connectivity index (χ1) is 5.77. The van der Waals surface area contributed by atoms with Crippen molar-refractivity contribution >= 4 is 5.97 Å². The molecule has 0 spiro atoms. The number of cyclic esters (lactones) is 1. The van der Waals surface area contributed by atoms with Crippen molar-refractivity contribution < 1.29 is 9.53 Å². The SMILES string of the molecule is C=C=CC1OC(=O)C=CC1C=C. The third-order valence-electron chi connectivity index (χ3n) is 1.64. The monoisotopic (exact) mass is 162 g/mol. The fraction of sp³-hybridized carbons (Fsp3) is 0.200. The average Bonchev–Trinajstić information content (AvgIpc) is 2.05. The Labute approximate surface area is 71.5 Å². The molecular weight excluding hydrogens is 152 g/mol. The molecule has 0 fully saturated rings. The summed E-state index contributed by atoms with van der Waals surface area (Å²) < 4.78 is 4.98. The zero-order valence-corrected chi connectivity index (χ0v) is 6.69. The molecule has 12 heavy (non-hydrogen) atoms. The average molecular weight is 162 g/mol. The summed E-state index contributed by atoms with van der Waals surface area (Å²) in [5, 5.41) is 0. The topological polar surface area (TPSA) is 26.3 Å². The molecule has 0 amide bonds. The maximum absolute atomic E-state index is 10.8. The van der Waals surface area contributed by atoms with E-state index in [4.69, 9.17) is 4.74 Å². The molecule has 0 saturated carbocycles. The Morgan fingerprint density at radius 3 is 3.00 bits per heavy atom. The van der Waals surface area contributed by atoms with E-state index in [0.717, 1.165) is 0 Å². The summed E-state index contributed by atoms with van der Waals surface area (Å²) in [6, 6.07) is 0. The van der Waals surface area contributed by atoms with E-state index < -0.39 is 0 Å². The Morgan fingerprint density at radius 1 is 1.67 bits per heavy atom. The molecule has 2 nitrogen and oxygen atoms in total. The second kappa shape index (κ2) is 3.74. The van der Waals surface area contributed by atoms with Crippen molar-refractivity contribution in [3.8, 4) is 0 Å². The lowest BCUT2D eigenvalue weighted by molar-refractivity contribution is -0.143. The lowest BCUT2D eigenvalue weighted by Gasteiger charge is -2.21. The summed E-state index contributed by atoms with van der Waals surface area (Å²) in [5.74, 6) is -0.290. The van der Waals surface area contributed by atoms with Crippen LogP contribution in [0.3, 0.4) is 0 Å². The minimum Gasteiger partial charge on any atom is -0.453 e. The van der Waals surface area contributed by atoms with Crippen LogP contribution < -0.4 is 0 Å². The van der Waals surface area contributed by atoms with Crippen molar-refractivity contribution in [1.29, 1.82) is 0 Å². The van der Waals surface area contributed by atoms with Crippen molar-refractivity contribution in [2.45, 2.75) is 6.10 Å². The Bertz CT molecular complexity index is 270. The largest absolute Gasteiger partial charge is 0.453 e. The molecule has 0 aromatic carbocycles. The fourth-order valence-electron chi connectivity index (χ4n) is 1.03. The number of ether oxygens (including phenoxy) is 1. The van der Waals surface area contributed by atoms with Gasteiger partial charge >= 0.3 is 5.97 Å². The molecule has 1 heterocycles. The van der Waals surface area contributed by atoms with Gasteiger partial charge in [0.2, 0.25) is 0 Å². The van der Waals surface area contributed by atoms with E-state index >= 15 is 0 Å². The van der Waals surface area contributed by atoms with E-state index in [1.54, 1.807) is 18.2 Å². The van der Waals surface area contributed by atoms with Gasteiger partial charge in [-0.3, -0.25) is 0 Å². The second-order valence-electron chi connectivity index (χ2n) is 2.44. The van der Waals surface area contributed by atoms with Crippen LogP contribution in [0.25, 0.3) is 0 Å². The molecule has 2 atom stereocenters. The lowest BCUT2D eigenvalue weighted by atomic mass is 10.00. The molecule has 1 aliphatic heterocycles. The molecule has 0 saturated heterocycles. The van der Waals surface area contributed by atoms with E-state index in [-0.39, 0.29) is 18.0 Å². The molecule has 1 rings (SSSR count). The normalized spacial score (nSPS) is 27.2. The van der Waals surface area contributed by atoms with E-state index in [2.05, 4.69) is 18.9 Å². The summed E-state index contributed by atoms with van der Waals surface area (Å²) >= 11 is 0. The van der Waals surface area contributed by atoms with E-state index in [9.17, 15) is 4.79 Å². The number of carbonyl (C=O) groups is 1. The maximum atomic E-state index is 10.8. The van der Waals surface area contributed by atoms with Gasteiger partial charge in [-0.15, -0.1) is 12.3 Å². The third-order valence-corrected chi connectivity index (χ3v) is 1.64. The molecule has 2 heteroatoms. The number of hydrogen-bond acceptors (Lipinski definition) is 2. The highest BCUT2D eigenvalue weighted by atomic mass is 16.5. The van der Waals surface area contributed by atoms with Gasteiger partial charge in [-0.05, 0) is 6.08 Å². The van der Waals surface area contributed by atoms with Crippen LogP contribution in [0.5, 0.6) is 0 Å². The minimum atomic E-state index is -0.329. The standard InChI is InChI=1S/C10H10O2/c1-3-5-9-8(4-2)6-7-10(11)12-9/h4-9H,1-2H2. The quantitative estimate of drug-likeness (QED) is 0.350. The van der Waals surface area contributed by atoms with E-state index in [0.29, 0.717) is 0 Å². The van der Waals surface area contributed by atoms with Crippen molar-refractivity contribution in [3.05, 3.63) is 43.2 Å². The molecule has 0 N–H and O–H groups in total. The molecule has 0 bridgehead atoms. The van der Waals surface area contributed by atoms with Crippen molar-refractivity contribution in [2.24, 2.45) is 5.92 Å². The molecule has 2 unspecified atom stereocenters. The van der Waals surface area contributed by atoms with Gasteiger partial charge in [0.15, 0.2) is 0 Å². The Hall–Kier alpha value is -1.53. The summed E-state index contributed by atoms with van der Waals surface area (Å²) in [6.45, 7) is 7.05. The van der Waals surface area contributed by atoms with Gasteiger partial charge in [-0.1, -0.05) is 18.7 Å². The van der Waals surface area contributed by atoms with E-state index in [1.165, 1.54) is 6.08 Å². The van der Waals surface area contributed by atoms with Crippen LogP contribution in [-0.4, -0.2) is 12.1 Å². The molecule has 62 valence electrons. The van der Waals surface area contributed by atoms with Gasteiger partial charge in [0.05, 0.1) is 0 Å². The summed E-state index contributed by atoms with van der Waals surface area (Å²) in [7, 11) is 0. The lowest BCUT2D eigenvalue weighted by Crippen LogP contribution is -2.25. The van der Waals surface area contributed by atoms with Crippen LogP contribution in [0.4, 0.5) is 0 Å². The minimum absolute atomic E-state index is 0.0388. The van der Waals surface area contributed by atoms with Gasteiger partial charge in [0.25, 0.3) is 0 Å². The van der Waals surface area contributed by atoms with Crippen LogP contribution in [0, 0.1) is 5.92 Å². The molecule has 0 aromatic rings. The highest BCUT2D eigenvalue weighted by molar-refractivity contribution is 5.83. The molecule has 1 aliphatic rings. The summed E-state index contributed by atoms with van der Waals surface area (Å²) in [4.78, 5) is 10.8. The van der Waals surface area contributed by atoms with Gasteiger partial charge in [-0.25, -0.2) is 4.79 Å². The number of rotatable bonds is 2. The molecule has 0 aromatic heterocycles. The zero-order valence-electron chi connectivity index (χ0n) is 6.69. The predicted octanol–water partition coefficient (Wildman–Crippen LogP) is 1.61. The van der Waals surface area contributed by atoms with Crippen LogP contribution in [-0.2, 0) is 9.53 Å². The number of esters is 1. The van der Waals surface area contributed by atoms with Crippen LogP contribution >= 0.6 is 0 Å². The first-order valence-corrected chi connectivity index (χ1v) is 3.65. The zero-order chi connectivity index (χ0) is 8.97. The molecule has 0 aliphatic carbocycles. The van der Waals surface area contributed by atoms with Gasteiger partial charge in [0, 0.05) is 12.0 Å². The summed E-state index contributed by atoms with van der Waals surface area (Å²) in [5.41, 5.74) is 2.59. The first kappa shape index (κ1) is 8.57. The molecular formula is C10H10O2. The fourth-order valence-corrected chi connectivity index (χ4v) is 1.03. The number of carbonyl (C=O) groups excluding carboxylic acids is 1. The number of hydrogen-bond donors (Lipinski definition) is 0. The predicted molar refractivity (Wildman–Crippen MR) is 46.4 cm³/mol. The van der Waals surface area contributed by atoms with Gasteiger partial charge in [-0.2, -0.15) is 0 Å². The highest BCUT2D eigenvalue weighted by Gasteiger charge is 2.21. The molecule has 0 radical (unpaired) electrons. The second-order valence-corrected chi connectivity index (χ2v) is 2.44. The third kappa shape index (κ3) is 1.74. The van der Waals surface area contributed by atoms with E-state index in [1.807, 2.05) is 0 Å². The van der Waals surface area contributed by atoms with Gasteiger partial charge in [0.1, 0.15) is 6.10 Å². The van der Waals surface area contributed by atoms with Crippen LogP contribution in [0.1, 0.15) is 0 Å². The van der Waals surface area contributed by atoms with Crippen molar-refractivity contribution in [2.75, 3.05) is 0 Å². The Balaban J connectivity index is 2.84. The summed E-state index contributed by atoms with van der Waals surface area (Å²) in [6.07, 6.45) is 6.21. The first-order valence-electron chi connectivity index (χ1n) is 3.65. The maximum Gasteiger partial charge on any atom is 0.331 e. The van der Waals surface area contributed by atoms with Gasteiger partial charge < -0.3 is 4.74 Å². The highest BCUT2D eigenvalue weighted by Crippen LogP contribution is 2.17. The van der Waals surface area contributed by atoms with Crippen LogP contribution in [0.2, 0.25) is 0 Å². The van der Waals surface area contributed by atoms with Crippen molar-refractivity contribution in [3.63, 3.8) is 0 Å². The van der Waals surface area contributed by atoms with Crippen LogP contribution in [0.15, 0.2) is 43.2 Å². The van der Waals surface area contributed by atoms with Crippen molar-refractivity contribution in [1.82, 2.24) is 0 Å². The smallest absolute Gasteiger partial charge is 0.331 e. The Kier molecular flexibility index (Phi) is 2.67.